The average molecular weight is 245 g/mol. The molecule has 2 aromatic heterocycles. The number of benzene rings is 1. The van der Waals surface area contributed by atoms with E-state index >= 15 is 0 Å². The maximum atomic E-state index is 9.41. The van der Waals surface area contributed by atoms with Crippen molar-refractivity contribution in [3.8, 4) is 10.8 Å². The Morgan fingerprint density at radius 2 is 2.06 bits per heavy atom. The molecule has 0 unspecified atom stereocenters. The highest BCUT2D eigenvalue weighted by Gasteiger charge is 2.12. The second-order valence-corrected chi connectivity index (χ2v) is 4.90. The van der Waals surface area contributed by atoms with Crippen molar-refractivity contribution in [3.63, 3.8) is 0 Å². The van der Waals surface area contributed by atoms with Crippen LogP contribution < -0.4 is 0 Å². The van der Waals surface area contributed by atoms with Crippen LogP contribution in [-0.2, 0) is 0 Å². The summed E-state index contributed by atoms with van der Waals surface area (Å²) in [6.45, 7) is 1.68. The van der Waals surface area contributed by atoms with Crippen LogP contribution in [0, 0.1) is 0 Å². The van der Waals surface area contributed by atoms with E-state index in [9.17, 15) is 5.11 Å². The van der Waals surface area contributed by atoms with Crippen LogP contribution in [0.4, 0.5) is 0 Å². The zero-order valence-electron chi connectivity index (χ0n) is 9.25. The summed E-state index contributed by atoms with van der Waals surface area (Å²) in [5, 5.41) is 10.3. The van der Waals surface area contributed by atoms with Gasteiger partial charge in [-0.25, -0.2) is 4.98 Å². The van der Waals surface area contributed by atoms with E-state index in [4.69, 9.17) is 4.42 Å². The van der Waals surface area contributed by atoms with Gasteiger partial charge in [-0.05, 0) is 31.2 Å². The SMILES string of the molecule is C[C@H](O)c1ccc(-c2nc3ccccc3s2)o1. The van der Waals surface area contributed by atoms with Crippen LogP contribution in [0.3, 0.4) is 0 Å². The Morgan fingerprint density at radius 1 is 1.24 bits per heavy atom. The first kappa shape index (κ1) is 10.5. The van der Waals surface area contributed by atoms with E-state index in [2.05, 4.69) is 4.98 Å². The molecule has 0 fully saturated rings. The third-order valence-corrected chi connectivity index (χ3v) is 3.59. The average Bonchev–Trinajstić information content (AvgIpc) is 2.95. The molecule has 0 bridgehead atoms. The fraction of sp³-hybridized carbons (Fsp3) is 0.154. The molecule has 1 atom stereocenters. The third-order valence-electron chi connectivity index (χ3n) is 2.54. The van der Waals surface area contributed by atoms with Gasteiger partial charge in [0.2, 0.25) is 0 Å². The van der Waals surface area contributed by atoms with Gasteiger partial charge in [0.1, 0.15) is 11.9 Å². The summed E-state index contributed by atoms with van der Waals surface area (Å²) in [6.07, 6.45) is -0.585. The van der Waals surface area contributed by atoms with Gasteiger partial charge in [0.05, 0.1) is 10.2 Å². The van der Waals surface area contributed by atoms with Gasteiger partial charge in [-0.15, -0.1) is 11.3 Å². The van der Waals surface area contributed by atoms with Crippen LogP contribution in [0.1, 0.15) is 18.8 Å². The Bertz CT molecular complexity index is 621. The number of para-hydroxylation sites is 1. The van der Waals surface area contributed by atoms with Crippen molar-refractivity contribution >= 4 is 21.6 Å². The molecule has 3 rings (SSSR count). The summed E-state index contributed by atoms with van der Waals surface area (Å²) in [7, 11) is 0. The first-order chi connectivity index (χ1) is 8.24. The second-order valence-electron chi connectivity index (χ2n) is 3.86. The minimum Gasteiger partial charge on any atom is -0.456 e. The lowest BCUT2D eigenvalue weighted by molar-refractivity contribution is 0.170. The zero-order chi connectivity index (χ0) is 11.8. The molecule has 1 N–H and O–H groups in total. The maximum Gasteiger partial charge on any atom is 0.163 e. The van der Waals surface area contributed by atoms with Gasteiger partial charge in [0.15, 0.2) is 10.8 Å². The van der Waals surface area contributed by atoms with Crippen LogP contribution >= 0.6 is 11.3 Å². The second kappa shape index (κ2) is 3.98. The number of aliphatic hydroxyl groups is 1. The van der Waals surface area contributed by atoms with Crippen molar-refractivity contribution in [2.75, 3.05) is 0 Å². The summed E-state index contributed by atoms with van der Waals surface area (Å²) >= 11 is 1.59. The van der Waals surface area contributed by atoms with Crippen molar-refractivity contribution in [1.29, 1.82) is 0 Å². The van der Waals surface area contributed by atoms with Gasteiger partial charge in [-0.3, -0.25) is 0 Å². The third kappa shape index (κ3) is 1.85. The number of aliphatic hydroxyl groups excluding tert-OH is 1. The number of rotatable bonds is 2. The number of hydrogen-bond acceptors (Lipinski definition) is 4. The number of nitrogens with zero attached hydrogens (tertiary/aromatic N) is 1. The van der Waals surface area contributed by atoms with Crippen LogP contribution in [0.25, 0.3) is 21.0 Å². The van der Waals surface area contributed by atoms with Gasteiger partial charge in [0.25, 0.3) is 0 Å². The van der Waals surface area contributed by atoms with E-state index in [1.165, 1.54) is 0 Å². The molecule has 0 saturated carbocycles. The van der Waals surface area contributed by atoms with Crippen LogP contribution in [-0.4, -0.2) is 10.1 Å². The molecule has 17 heavy (non-hydrogen) atoms. The standard InChI is InChI=1S/C13H11NO2S/c1-8(15)10-6-7-11(16-10)13-14-9-4-2-3-5-12(9)17-13/h2-8,15H,1H3/t8-/m0/s1. The molecule has 0 spiro atoms. The summed E-state index contributed by atoms with van der Waals surface area (Å²) in [6, 6.07) is 11.6. The molecule has 0 aliphatic carbocycles. The van der Waals surface area contributed by atoms with E-state index in [1.807, 2.05) is 30.3 Å². The Balaban J connectivity index is 2.07. The van der Waals surface area contributed by atoms with Crippen molar-refractivity contribution in [3.05, 3.63) is 42.2 Å². The van der Waals surface area contributed by atoms with Crippen LogP contribution in [0.5, 0.6) is 0 Å². The smallest absolute Gasteiger partial charge is 0.163 e. The summed E-state index contributed by atoms with van der Waals surface area (Å²) in [5.41, 5.74) is 0.975. The van der Waals surface area contributed by atoms with E-state index in [-0.39, 0.29) is 0 Å². The van der Waals surface area contributed by atoms with E-state index in [1.54, 1.807) is 24.3 Å². The highest BCUT2D eigenvalue weighted by atomic mass is 32.1. The lowest BCUT2D eigenvalue weighted by atomic mass is 10.3. The molecular formula is C13H11NO2S. The topological polar surface area (TPSA) is 46.3 Å². The Hall–Kier alpha value is -1.65. The minimum absolute atomic E-state index is 0.569. The van der Waals surface area contributed by atoms with Crippen molar-refractivity contribution in [2.45, 2.75) is 13.0 Å². The zero-order valence-corrected chi connectivity index (χ0v) is 10.1. The first-order valence-corrected chi connectivity index (χ1v) is 6.19. The highest BCUT2D eigenvalue weighted by Crippen LogP contribution is 2.32. The molecule has 3 aromatic rings. The fourth-order valence-corrected chi connectivity index (χ4v) is 2.60. The van der Waals surface area contributed by atoms with Crippen LogP contribution in [0.2, 0.25) is 0 Å². The Morgan fingerprint density at radius 3 is 2.76 bits per heavy atom. The molecule has 1 aromatic carbocycles. The van der Waals surface area contributed by atoms with Gasteiger partial charge in [-0.1, -0.05) is 12.1 Å². The number of furan rings is 1. The monoisotopic (exact) mass is 245 g/mol. The molecule has 2 heterocycles. The lowest BCUT2D eigenvalue weighted by Crippen LogP contribution is -1.85. The molecule has 3 nitrogen and oxygen atoms in total. The number of fused-ring (bicyclic) bond motifs is 1. The summed E-state index contributed by atoms with van der Waals surface area (Å²) < 4.78 is 6.70. The quantitative estimate of drug-likeness (QED) is 0.750. The molecule has 0 saturated heterocycles. The van der Waals surface area contributed by atoms with Gasteiger partial charge in [0, 0.05) is 0 Å². The predicted octanol–water partition coefficient (Wildman–Crippen LogP) is 3.61. The molecular weight excluding hydrogens is 234 g/mol. The highest BCUT2D eigenvalue weighted by molar-refractivity contribution is 7.21. The molecule has 0 aliphatic rings. The Kier molecular flexibility index (Phi) is 2.46. The number of thiazole rings is 1. The van der Waals surface area contributed by atoms with Gasteiger partial charge < -0.3 is 9.52 Å². The fourth-order valence-electron chi connectivity index (χ4n) is 1.67. The number of hydrogen-bond donors (Lipinski definition) is 1. The van der Waals surface area contributed by atoms with Crippen LogP contribution in [0.15, 0.2) is 40.8 Å². The lowest BCUT2D eigenvalue weighted by Gasteiger charge is -1.96. The molecule has 0 radical (unpaired) electrons. The van der Waals surface area contributed by atoms with Crippen molar-refractivity contribution < 1.29 is 9.52 Å². The van der Waals surface area contributed by atoms with E-state index < -0.39 is 6.10 Å². The summed E-state index contributed by atoms with van der Waals surface area (Å²) in [5.74, 6) is 1.28. The molecule has 4 heteroatoms. The molecule has 0 aliphatic heterocycles. The minimum atomic E-state index is -0.585. The van der Waals surface area contributed by atoms with Gasteiger partial charge >= 0.3 is 0 Å². The molecule has 0 amide bonds. The summed E-state index contributed by atoms with van der Waals surface area (Å²) in [4.78, 5) is 4.50. The van der Waals surface area contributed by atoms with E-state index in [0.717, 1.165) is 15.2 Å². The van der Waals surface area contributed by atoms with Crippen molar-refractivity contribution in [2.24, 2.45) is 0 Å². The largest absolute Gasteiger partial charge is 0.456 e. The first-order valence-electron chi connectivity index (χ1n) is 5.38. The maximum absolute atomic E-state index is 9.41. The Labute approximate surface area is 102 Å². The molecule has 86 valence electrons. The van der Waals surface area contributed by atoms with Gasteiger partial charge in [-0.2, -0.15) is 0 Å². The normalized spacial score (nSPS) is 13.1. The predicted molar refractivity (Wildman–Crippen MR) is 68.0 cm³/mol. The number of aromatic nitrogens is 1. The van der Waals surface area contributed by atoms with Crippen molar-refractivity contribution in [1.82, 2.24) is 4.98 Å². The van der Waals surface area contributed by atoms with E-state index in [0.29, 0.717) is 11.5 Å².